The highest BCUT2D eigenvalue weighted by atomic mass is 35.5. The molecule has 3 aromatic rings. The van der Waals surface area contributed by atoms with Crippen molar-refractivity contribution in [2.75, 3.05) is 5.32 Å². The highest BCUT2D eigenvalue weighted by Crippen LogP contribution is 2.27. The van der Waals surface area contributed by atoms with E-state index in [0.717, 1.165) is 5.56 Å². The van der Waals surface area contributed by atoms with Gasteiger partial charge in [-0.3, -0.25) is 4.79 Å². The highest BCUT2D eigenvalue weighted by molar-refractivity contribution is 6.32. The zero-order valence-corrected chi connectivity index (χ0v) is 16.9. The molecule has 0 saturated carbocycles. The average molecular weight is 421 g/mol. The Balaban J connectivity index is 1.72. The van der Waals surface area contributed by atoms with E-state index in [4.69, 9.17) is 16.3 Å². The van der Waals surface area contributed by atoms with Crippen molar-refractivity contribution in [2.24, 2.45) is 0 Å². The number of nitrogens with zero attached hydrogens (tertiary/aromatic N) is 1. The number of hydrogen-bond acceptors (Lipinski definition) is 3. The number of carbonyl (C=O) groups excluding carboxylic acids is 1. The number of rotatable bonds is 6. The monoisotopic (exact) mass is 420 g/mol. The summed E-state index contributed by atoms with van der Waals surface area (Å²) in [6, 6.07) is 20.4. The van der Waals surface area contributed by atoms with Crippen LogP contribution in [0.4, 0.5) is 10.1 Å². The van der Waals surface area contributed by atoms with E-state index in [1.54, 1.807) is 42.5 Å². The molecule has 0 aliphatic heterocycles. The molecule has 0 atom stereocenters. The predicted molar refractivity (Wildman–Crippen MR) is 116 cm³/mol. The van der Waals surface area contributed by atoms with Crippen molar-refractivity contribution in [3.63, 3.8) is 0 Å². The third-order valence-corrected chi connectivity index (χ3v) is 4.54. The summed E-state index contributed by atoms with van der Waals surface area (Å²) in [5, 5.41) is 12.4. The van der Waals surface area contributed by atoms with Crippen LogP contribution in [-0.4, -0.2) is 5.91 Å². The summed E-state index contributed by atoms with van der Waals surface area (Å²) >= 11 is 6.26. The molecule has 0 fully saturated rings. The Hall–Kier alpha value is -3.62. The first-order chi connectivity index (χ1) is 14.5. The third-order valence-electron chi connectivity index (χ3n) is 4.25. The molecule has 150 valence electrons. The molecule has 0 aromatic heterocycles. The van der Waals surface area contributed by atoms with Crippen molar-refractivity contribution >= 4 is 29.3 Å². The number of anilines is 1. The molecular formula is C24H18ClFN2O2. The van der Waals surface area contributed by atoms with Gasteiger partial charge in [-0.05, 0) is 54.5 Å². The average Bonchev–Trinajstić information content (AvgIpc) is 2.72. The summed E-state index contributed by atoms with van der Waals surface area (Å²) in [5.74, 6) is -0.495. The first kappa shape index (κ1) is 21.1. The molecule has 30 heavy (non-hydrogen) atoms. The van der Waals surface area contributed by atoms with E-state index in [1.165, 1.54) is 12.1 Å². The topological polar surface area (TPSA) is 62.1 Å². The second-order valence-corrected chi connectivity index (χ2v) is 6.97. The van der Waals surface area contributed by atoms with E-state index >= 15 is 0 Å². The number of nitrogens with one attached hydrogen (secondary N) is 1. The Bertz CT molecular complexity index is 1150. The fourth-order valence-corrected chi connectivity index (χ4v) is 2.97. The highest BCUT2D eigenvalue weighted by Gasteiger charge is 2.11. The van der Waals surface area contributed by atoms with Gasteiger partial charge in [0.2, 0.25) is 0 Å². The van der Waals surface area contributed by atoms with Gasteiger partial charge in [-0.2, -0.15) is 5.26 Å². The first-order valence-corrected chi connectivity index (χ1v) is 9.49. The lowest BCUT2D eigenvalue weighted by Gasteiger charge is -2.09. The number of hydrogen-bond donors (Lipinski definition) is 1. The second kappa shape index (κ2) is 9.73. The molecule has 0 radical (unpaired) electrons. The Kier molecular flexibility index (Phi) is 6.84. The van der Waals surface area contributed by atoms with E-state index in [0.29, 0.717) is 22.6 Å². The van der Waals surface area contributed by atoms with Crippen LogP contribution in [0, 0.1) is 24.1 Å². The van der Waals surface area contributed by atoms with Gasteiger partial charge in [-0.15, -0.1) is 0 Å². The number of nitriles is 1. The lowest BCUT2D eigenvalue weighted by molar-refractivity contribution is -0.112. The van der Waals surface area contributed by atoms with Crippen LogP contribution in [0.3, 0.4) is 0 Å². The minimum atomic E-state index is -0.515. The number of halogens is 2. The number of carbonyl (C=O) groups is 1. The van der Waals surface area contributed by atoms with Gasteiger partial charge < -0.3 is 10.1 Å². The third kappa shape index (κ3) is 5.47. The fourth-order valence-electron chi connectivity index (χ4n) is 2.73. The number of ether oxygens (including phenoxy) is 1. The summed E-state index contributed by atoms with van der Waals surface area (Å²) in [7, 11) is 0. The van der Waals surface area contributed by atoms with Crippen molar-refractivity contribution in [3.8, 4) is 11.8 Å². The number of benzene rings is 3. The molecule has 0 bridgehead atoms. The van der Waals surface area contributed by atoms with Crippen molar-refractivity contribution < 1.29 is 13.9 Å². The number of amides is 1. The summed E-state index contributed by atoms with van der Waals surface area (Å²) < 4.78 is 19.3. The zero-order valence-electron chi connectivity index (χ0n) is 16.2. The molecule has 0 spiro atoms. The van der Waals surface area contributed by atoms with E-state index < -0.39 is 5.91 Å². The van der Waals surface area contributed by atoms with E-state index in [2.05, 4.69) is 5.32 Å². The quantitative estimate of drug-likeness (QED) is 0.398. The molecule has 6 heteroatoms. The first-order valence-electron chi connectivity index (χ1n) is 9.12. The summed E-state index contributed by atoms with van der Waals surface area (Å²) in [5.41, 5.74) is 2.52. The predicted octanol–water partition coefficient (Wildman–Crippen LogP) is 5.91. The Labute approximate surface area is 179 Å². The summed E-state index contributed by atoms with van der Waals surface area (Å²) in [6.07, 6.45) is 1.44. The van der Waals surface area contributed by atoms with Crippen molar-refractivity contribution in [3.05, 3.63) is 99.8 Å². The van der Waals surface area contributed by atoms with E-state index in [9.17, 15) is 14.4 Å². The fraction of sp³-hybridized carbons (Fsp3) is 0.0833. The molecule has 0 saturated heterocycles. The van der Waals surface area contributed by atoms with Crippen molar-refractivity contribution in [1.29, 1.82) is 5.26 Å². The Morgan fingerprint density at radius 1 is 1.17 bits per heavy atom. The molecule has 3 aromatic carbocycles. The van der Waals surface area contributed by atoms with Crippen LogP contribution in [-0.2, 0) is 11.4 Å². The van der Waals surface area contributed by atoms with Gasteiger partial charge in [-0.25, -0.2) is 4.39 Å². The maximum atomic E-state index is 13.7. The summed E-state index contributed by atoms with van der Waals surface area (Å²) in [4.78, 5) is 12.4. The maximum absolute atomic E-state index is 13.7. The largest absolute Gasteiger partial charge is 0.487 e. The molecule has 3 rings (SSSR count). The molecule has 1 N–H and O–H groups in total. The normalized spacial score (nSPS) is 10.9. The SMILES string of the molecule is Cc1cccc(NC(=O)/C(C#N)=C/c2ccc(OCc3ccccc3F)c(Cl)c2)c1. The van der Waals surface area contributed by atoms with E-state index in [1.807, 2.05) is 31.2 Å². The van der Waals surface area contributed by atoms with Crippen molar-refractivity contribution in [1.82, 2.24) is 0 Å². The minimum Gasteiger partial charge on any atom is -0.487 e. The van der Waals surface area contributed by atoms with Gasteiger partial charge >= 0.3 is 0 Å². The molecule has 1 amide bonds. The molecule has 0 aliphatic rings. The van der Waals surface area contributed by atoms with Crippen LogP contribution >= 0.6 is 11.6 Å². The maximum Gasteiger partial charge on any atom is 0.266 e. The van der Waals surface area contributed by atoms with Gasteiger partial charge in [0.25, 0.3) is 5.91 Å². The van der Waals surface area contributed by atoms with Crippen LogP contribution in [0.2, 0.25) is 5.02 Å². The Morgan fingerprint density at radius 2 is 1.97 bits per heavy atom. The Morgan fingerprint density at radius 3 is 2.67 bits per heavy atom. The summed E-state index contributed by atoms with van der Waals surface area (Å²) in [6.45, 7) is 1.94. The molecule has 0 heterocycles. The lowest BCUT2D eigenvalue weighted by Crippen LogP contribution is -2.13. The molecule has 4 nitrogen and oxygen atoms in total. The van der Waals surface area contributed by atoms with Crippen LogP contribution < -0.4 is 10.1 Å². The van der Waals surface area contributed by atoms with Gasteiger partial charge in [0.1, 0.15) is 29.8 Å². The molecule has 0 unspecified atom stereocenters. The van der Waals surface area contributed by atoms with Crippen LogP contribution in [0.1, 0.15) is 16.7 Å². The van der Waals surface area contributed by atoms with Gasteiger partial charge in [-0.1, -0.05) is 48.0 Å². The van der Waals surface area contributed by atoms with Gasteiger partial charge in [0.05, 0.1) is 5.02 Å². The molecular weight excluding hydrogens is 403 g/mol. The van der Waals surface area contributed by atoms with Gasteiger partial charge in [0, 0.05) is 11.3 Å². The second-order valence-electron chi connectivity index (χ2n) is 6.56. The molecule has 0 aliphatic carbocycles. The van der Waals surface area contributed by atoms with Crippen LogP contribution in [0.25, 0.3) is 6.08 Å². The lowest BCUT2D eigenvalue weighted by atomic mass is 10.1. The van der Waals surface area contributed by atoms with Gasteiger partial charge in [0.15, 0.2) is 0 Å². The van der Waals surface area contributed by atoms with E-state index in [-0.39, 0.29) is 23.0 Å². The van der Waals surface area contributed by atoms with Crippen molar-refractivity contribution in [2.45, 2.75) is 13.5 Å². The zero-order chi connectivity index (χ0) is 21.5. The smallest absolute Gasteiger partial charge is 0.266 e. The van der Waals surface area contributed by atoms with Crippen LogP contribution in [0.15, 0.2) is 72.3 Å². The standard InChI is InChI=1S/C24H18ClFN2O2/c1-16-5-4-7-20(11-16)28-24(29)19(14-27)12-17-9-10-23(21(25)13-17)30-15-18-6-2-3-8-22(18)26/h2-13H,15H2,1H3,(H,28,29)/b19-12+. The minimum absolute atomic E-state index is 0.0317. The van der Waals surface area contributed by atoms with Crippen LogP contribution in [0.5, 0.6) is 5.75 Å². The number of aryl methyl sites for hydroxylation is 1.